The molecule has 0 aliphatic carbocycles. The number of H-pyrrole nitrogens is 1. The van der Waals surface area contributed by atoms with Gasteiger partial charge in [0.25, 0.3) is 10.0 Å². The van der Waals surface area contributed by atoms with Crippen molar-refractivity contribution in [3.05, 3.63) is 76.8 Å². The second-order valence-electron chi connectivity index (χ2n) is 6.00. The van der Waals surface area contributed by atoms with Crippen molar-refractivity contribution in [1.29, 1.82) is 0 Å². The van der Waals surface area contributed by atoms with Crippen LogP contribution in [0.25, 0.3) is 17.0 Å². The Balaban J connectivity index is 1.60. The van der Waals surface area contributed by atoms with E-state index in [1.165, 1.54) is 54.7 Å². The lowest BCUT2D eigenvalue weighted by Crippen LogP contribution is -2.19. The Morgan fingerprint density at radius 2 is 1.72 bits per heavy atom. The summed E-state index contributed by atoms with van der Waals surface area (Å²) in [5.41, 5.74) is 0.714. The molecule has 0 saturated carbocycles. The summed E-state index contributed by atoms with van der Waals surface area (Å²) in [6.45, 7) is 0. The summed E-state index contributed by atoms with van der Waals surface area (Å²) < 4.78 is 28.6. The Morgan fingerprint density at radius 1 is 1.03 bits per heavy atom. The number of anilines is 1. The predicted octanol–water partition coefficient (Wildman–Crippen LogP) is 1.58. The fourth-order valence-electron chi connectivity index (χ4n) is 2.66. The smallest absolute Gasteiger partial charge is 0.349 e. The SMILES string of the molecule is O=C(O)c1ccc(NS(=O)(=O)c2ccc(-c3nc4ccnn4c(=O)[nH]3)cc2)cc1. The van der Waals surface area contributed by atoms with E-state index in [1.54, 1.807) is 6.07 Å². The number of carboxylic acid groups (broad SMARTS) is 1. The van der Waals surface area contributed by atoms with E-state index in [9.17, 15) is 18.0 Å². The first-order chi connectivity index (χ1) is 13.8. The number of sulfonamides is 1. The zero-order chi connectivity index (χ0) is 20.6. The standard InChI is InChI=1S/C18H13N5O5S/c24-17(25)12-1-5-13(6-2-12)22-29(27,28)14-7-3-11(4-8-14)16-20-15-9-10-19-23(15)18(26)21-16/h1-10,22H,(H,24,25)(H,20,21,26). The zero-order valence-electron chi connectivity index (χ0n) is 14.6. The van der Waals surface area contributed by atoms with E-state index in [-0.39, 0.29) is 22.0 Å². The van der Waals surface area contributed by atoms with Crippen LogP contribution in [0.1, 0.15) is 10.4 Å². The van der Waals surface area contributed by atoms with Crippen LogP contribution in [-0.2, 0) is 10.0 Å². The Hall–Kier alpha value is -3.99. The lowest BCUT2D eigenvalue weighted by atomic mass is 10.2. The van der Waals surface area contributed by atoms with Crippen LogP contribution in [0.3, 0.4) is 0 Å². The van der Waals surface area contributed by atoms with Gasteiger partial charge in [0.2, 0.25) is 0 Å². The zero-order valence-corrected chi connectivity index (χ0v) is 15.4. The number of benzene rings is 2. The molecule has 4 rings (SSSR count). The molecule has 4 aromatic rings. The van der Waals surface area contributed by atoms with E-state index in [2.05, 4.69) is 19.8 Å². The number of aromatic amines is 1. The first kappa shape index (κ1) is 18.4. The molecule has 0 spiro atoms. The van der Waals surface area contributed by atoms with Gasteiger partial charge < -0.3 is 5.11 Å². The molecule has 0 unspecified atom stereocenters. The maximum Gasteiger partial charge on any atom is 0.349 e. The summed E-state index contributed by atoms with van der Waals surface area (Å²) in [6, 6.07) is 12.7. The van der Waals surface area contributed by atoms with Gasteiger partial charge in [-0.15, -0.1) is 0 Å². The molecular weight excluding hydrogens is 398 g/mol. The van der Waals surface area contributed by atoms with Crippen molar-refractivity contribution in [3.63, 3.8) is 0 Å². The first-order valence-corrected chi connectivity index (χ1v) is 9.72. The van der Waals surface area contributed by atoms with Gasteiger partial charge in [0.1, 0.15) is 5.82 Å². The topological polar surface area (TPSA) is 147 Å². The number of rotatable bonds is 5. The third-order valence-corrected chi connectivity index (χ3v) is 5.49. The fourth-order valence-corrected chi connectivity index (χ4v) is 3.72. The lowest BCUT2D eigenvalue weighted by molar-refractivity contribution is 0.0697. The molecule has 0 bridgehead atoms. The Morgan fingerprint density at radius 3 is 2.38 bits per heavy atom. The van der Waals surface area contributed by atoms with Crippen LogP contribution in [-0.4, -0.2) is 39.1 Å². The van der Waals surface area contributed by atoms with E-state index in [1.807, 2.05) is 0 Å². The van der Waals surface area contributed by atoms with Gasteiger partial charge >= 0.3 is 11.7 Å². The number of hydrogen-bond acceptors (Lipinski definition) is 6. The van der Waals surface area contributed by atoms with Crippen molar-refractivity contribution in [2.24, 2.45) is 0 Å². The average Bonchev–Trinajstić information content (AvgIpc) is 3.17. The number of aromatic nitrogens is 4. The highest BCUT2D eigenvalue weighted by Gasteiger charge is 2.15. The minimum Gasteiger partial charge on any atom is -0.478 e. The molecule has 0 aliphatic rings. The highest BCUT2D eigenvalue weighted by atomic mass is 32.2. The van der Waals surface area contributed by atoms with Crippen molar-refractivity contribution < 1.29 is 18.3 Å². The quantitative estimate of drug-likeness (QED) is 0.452. The number of nitrogens with zero attached hydrogens (tertiary/aromatic N) is 3. The number of aromatic carboxylic acids is 1. The Kier molecular flexibility index (Phi) is 4.35. The second-order valence-corrected chi connectivity index (χ2v) is 7.69. The van der Waals surface area contributed by atoms with Gasteiger partial charge in [0, 0.05) is 17.3 Å². The van der Waals surface area contributed by atoms with Crippen molar-refractivity contribution in [1.82, 2.24) is 19.6 Å². The second kappa shape index (κ2) is 6.87. The summed E-state index contributed by atoms with van der Waals surface area (Å²) in [6.07, 6.45) is 1.45. The van der Waals surface area contributed by atoms with Crippen LogP contribution in [0.2, 0.25) is 0 Å². The van der Waals surface area contributed by atoms with E-state index >= 15 is 0 Å². The summed E-state index contributed by atoms with van der Waals surface area (Å²) in [5, 5.41) is 12.7. The molecule has 0 amide bonds. The summed E-state index contributed by atoms with van der Waals surface area (Å²) in [5.74, 6) is -0.820. The fraction of sp³-hybridized carbons (Fsp3) is 0. The van der Waals surface area contributed by atoms with E-state index in [0.29, 0.717) is 11.2 Å². The molecule has 29 heavy (non-hydrogen) atoms. The minimum atomic E-state index is -3.88. The first-order valence-electron chi connectivity index (χ1n) is 8.24. The molecule has 2 aromatic heterocycles. The molecule has 2 heterocycles. The van der Waals surface area contributed by atoms with Crippen LogP contribution in [0, 0.1) is 0 Å². The van der Waals surface area contributed by atoms with Gasteiger partial charge in [0.15, 0.2) is 5.65 Å². The number of fused-ring (bicyclic) bond motifs is 1. The van der Waals surface area contributed by atoms with Gasteiger partial charge in [-0.05, 0) is 48.5 Å². The highest BCUT2D eigenvalue weighted by molar-refractivity contribution is 7.92. The van der Waals surface area contributed by atoms with Crippen LogP contribution >= 0.6 is 0 Å². The van der Waals surface area contributed by atoms with Gasteiger partial charge in [-0.1, -0.05) is 0 Å². The van der Waals surface area contributed by atoms with Gasteiger partial charge in [-0.2, -0.15) is 9.61 Å². The molecule has 0 fully saturated rings. The summed E-state index contributed by atoms with van der Waals surface area (Å²) in [4.78, 5) is 29.7. The van der Waals surface area contributed by atoms with Crippen LogP contribution in [0.5, 0.6) is 0 Å². The van der Waals surface area contributed by atoms with Crippen LogP contribution in [0.4, 0.5) is 5.69 Å². The van der Waals surface area contributed by atoms with Gasteiger partial charge in [-0.3, -0.25) is 9.71 Å². The van der Waals surface area contributed by atoms with Crippen molar-refractivity contribution in [3.8, 4) is 11.4 Å². The molecular formula is C18H13N5O5S. The maximum absolute atomic E-state index is 12.5. The maximum atomic E-state index is 12.5. The Bertz CT molecular complexity index is 1370. The normalized spacial score (nSPS) is 11.4. The molecule has 11 heteroatoms. The molecule has 146 valence electrons. The molecule has 10 nitrogen and oxygen atoms in total. The highest BCUT2D eigenvalue weighted by Crippen LogP contribution is 2.20. The largest absolute Gasteiger partial charge is 0.478 e. The van der Waals surface area contributed by atoms with Crippen molar-refractivity contribution in [2.45, 2.75) is 4.90 Å². The third-order valence-electron chi connectivity index (χ3n) is 4.09. The number of carboxylic acids is 1. The van der Waals surface area contributed by atoms with Crippen LogP contribution < -0.4 is 10.4 Å². The monoisotopic (exact) mass is 411 g/mol. The number of nitrogens with one attached hydrogen (secondary N) is 2. The van der Waals surface area contributed by atoms with Crippen LogP contribution in [0.15, 0.2) is 70.5 Å². The van der Waals surface area contributed by atoms with Crippen molar-refractivity contribution in [2.75, 3.05) is 4.72 Å². The third kappa shape index (κ3) is 3.58. The molecule has 0 atom stereocenters. The molecule has 3 N–H and O–H groups in total. The van der Waals surface area contributed by atoms with E-state index in [0.717, 1.165) is 4.52 Å². The van der Waals surface area contributed by atoms with Gasteiger partial charge in [-0.25, -0.2) is 23.0 Å². The summed E-state index contributed by atoms with van der Waals surface area (Å²) in [7, 11) is -3.88. The molecule has 0 aliphatic heterocycles. The van der Waals surface area contributed by atoms with Crippen molar-refractivity contribution >= 4 is 27.3 Å². The van der Waals surface area contributed by atoms with E-state index < -0.39 is 21.7 Å². The molecule has 2 aromatic carbocycles. The average molecular weight is 411 g/mol. The number of hydrogen-bond donors (Lipinski definition) is 3. The minimum absolute atomic E-state index is 0.00339. The van der Waals surface area contributed by atoms with E-state index in [4.69, 9.17) is 5.11 Å². The molecule has 0 radical (unpaired) electrons. The predicted molar refractivity (Wildman–Crippen MR) is 103 cm³/mol. The Labute approximate surface area is 163 Å². The summed E-state index contributed by atoms with van der Waals surface area (Å²) >= 11 is 0. The lowest BCUT2D eigenvalue weighted by Gasteiger charge is -2.09. The van der Waals surface area contributed by atoms with Gasteiger partial charge in [0.05, 0.1) is 16.7 Å². The number of carbonyl (C=O) groups is 1. The molecule has 0 saturated heterocycles.